The van der Waals surface area contributed by atoms with Gasteiger partial charge in [-0.1, -0.05) is 202 Å². The topological polar surface area (TPSA) is 73.6 Å². The number of hydrogen-bond donors (Lipinski definition) is 0. The number of pyridine rings is 6. The largest absolute Gasteiger partial charge is 3.00 e. The summed E-state index contributed by atoms with van der Waals surface area (Å²) in [7, 11) is 0. The Balaban J connectivity index is 0.000000119. The standard InChI is InChI=1S/C18H12NS.C18H14N.C17H10NS.C15H12N2.C12H11N2.C12H10N.2C11H8N.2CH4.2Ir/c1-2-7-16-13(5-1)14-9-8-12-11-19-10-4-3-6-15(19)17(12)18(14)20-16;1-2-6-14(7-3-1)15-9-10-16-13-19-11-5-4-8-18(19)17(16)12-15;1-2-10-16-12(6-1)13-7-5-8-14(17(13)19-16)15-9-3-4-11-18-15;1-3-7-14(8-4-1)16-11-12-17(13-16)15-9-5-2-6-10-15;1-9-6-7-14-8-10-4-2-3-5-11(10)12(14)13-9;1-2-6-11-10(5-1)9-13-8-4-3-7-12(11)13;2*1-2-6-10(7-3-1)11-8-4-5-9-12-11;;;;/h1-10H,11H2;1-12H,13H2;1-7,9-11H;1-9,11-13H;2-7H,8H2,1H3;1-8H,9H2;2*1-6,8-9H;2*1H4;;/q2*+1;-1;-2;2*+1;2*-1;;;;+3/i;;;;;1D,2D,3D,4D,5D,6D,7D;;;;;;. The molecular formula is C116H93Ir2N10S2+2. The van der Waals surface area contributed by atoms with E-state index < -0.39 is 0 Å². The first-order valence-corrected chi connectivity index (χ1v) is 43.2. The number of nitrogens with zero attached hydrogens (tertiary/aromatic N) is 10. The zero-order valence-electron chi connectivity index (χ0n) is 76.5. The van der Waals surface area contributed by atoms with Gasteiger partial charge in [0.1, 0.15) is 6.54 Å². The number of fused-ring (bicyclic) bond motifs is 19. The second kappa shape index (κ2) is 43.5. The predicted molar refractivity (Wildman–Crippen MR) is 528 cm³/mol. The van der Waals surface area contributed by atoms with Crippen molar-refractivity contribution in [3.05, 3.63) is 503 Å². The summed E-state index contributed by atoms with van der Waals surface area (Å²) in [5.41, 5.74) is 23.9. The average molecular weight is 2080 g/mol. The molecule has 26 rings (SSSR count). The molecular weight excluding hydrogens is 1980 g/mol. The van der Waals surface area contributed by atoms with Gasteiger partial charge >= 0.3 is 25.9 Å². The molecule has 0 bridgehead atoms. The first-order chi connectivity index (χ1) is 65.3. The summed E-state index contributed by atoms with van der Waals surface area (Å²) in [6, 6.07) is 130. The molecule has 0 N–H and O–H groups in total. The van der Waals surface area contributed by atoms with Gasteiger partial charge in [-0.2, -0.15) is 55.4 Å². The van der Waals surface area contributed by atoms with Crippen molar-refractivity contribution in [2.24, 2.45) is 0 Å². The van der Waals surface area contributed by atoms with Crippen molar-refractivity contribution < 1.29 is 68.1 Å². The van der Waals surface area contributed by atoms with Gasteiger partial charge in [0, 0.05) is 141 Å². The summed E-state index contributed by atoms with van der Waals surface area (Å²) in [4.78, 5) is 21.6. The third kappa shape index (κ3) is 20.6. The van der Waals surface area contributed by atoms with Crippen molar-refractivity contribution in [3.8, 4) is 90.1 Å². The zero-order valence-corrected chi connectivity index (χ0v) is 75.9. The summed E-state index contributed by atoms with van der Waals surface area (Å²) < 4.78 is 68.3. The molecule has 0 atom stereocenters. The van der Waals surface area contributed by atoms with Crippen LogP contribution in [0.1, 0.15) is 52.4 Å². The van der Waals surface area contributed by atoms with Crippen LogP contribution < -0.4 is 28.1 Å². The van der Waals surface area contributed by atoms with Crippen molar-refractivity contribution in [2.75, 3.05) is 9.80 Å². The minimum Gasteiger partial charge on any atom is -0.500 e. The van der Waals surface area contributed by atoms with Gasteiger partial charge in [0.2, 0.25) is 17.1 Å². The van der Waals surface area contributed by atoms with E-state index >= 15 is 0 Å². The average Bonchev–Trinajstić information content (AvgIpc) is 1.59. The van der Waals surface area contributed by atoms with Gasteiger partial charge in [0.25, 0.3) is 0 Å². The maximum Gasteiger partial charge on any atom is 3.00 e. The summed E-state index contributed by atoms with van der Waals surface area (Å²) in [6.07, 6.45) is 17.3. The summed E-state index contributed by atoms with van der Waals surface area (Å²) in [5, 5.41) is 5.38. The van der Waals surface area contributed by atoms with Gasteiger partial charge in [-0.05, 0) is 134 Å². The number of anilines is 2. The van der Waals surface area contributed by atoms with Gasteiger partial charge in [-0.25, -0.2) is 4.57 Å². The van der Waals surface area contributed by atoms with E-state index in [0.29, 0.717) is 5.56 Å². The number of aryl methyl sites for hydroxylation is 1. The minimum atomic E-state index is -0.344. The normalized spacial score (nSPS) is 12.3. The van der Waals surface area contributed by atoms with Gasteiger partial charge < -0.3 is 24.8 Å². The van der Waals surface area contributed by atoms with Crippen LogP contribution in [0.2, 0.25) is 0 Å². The van der Waals surface area contributed by atoms with Gasteiger partial charge in [0.15, 0.2) is 43.9 Å². The second-order valence-electron chi connectivity index (χ2n) is 30.0. The number of rotatable bonds is 6. The SMILES string of the molecule is C.C.Cc1cc[n+]2c(n1)-c1ccccc1C2.[2H]c1c[n+]2c(c([2H])c1[2H])-c1c([2H])c([2H])c([2H])c([2H])c1C2.[Ir+3].[Ir].[c-]1ccc2c(sc3ccccc32)c1-c1ccccn1.[c-]1ccccc1-c1ccccn1.[c-]1ccccc1-c1ccccn1.[c-]1ccccc1N1C=CN(c2ccccc2)[CH-]1.c1cc[n+]2c(c1)-c1c(ccc3c1sc1ccccc13)C2.c1ccc(-c2ccc3c(c2)-c2cccc[n+]2C3)cc1. The fourth-order valence-corrected chi connectivity index (χ4v) is 18.3. The number of benzene rings is 12. The summed E-state index contributed by atoms with van der Waals surface area (Å²) >= 11 is 3.73. The van der Waals surface area contributed by atoms with E-state index in [0.717, 1.165) is 76.3 Å². The maximum atomic E-state index is 7.97. The molecule has 21 aromatic rings. The Bertz CT molecular complexity index is 7600. The van der Waals surface area contributed by atoms with Crippen LogP contribution in [-0.2, 0) is 66.4 Å². The number of hydrogen-bond acceptors (Lipinski definition) is 8. The quantitative estimate of drug-likeness (QED) is 0.122. The number of aromatic nitrogens is 8. The second-order valence-corrected chi connectivity index (χ2v) is 32.1. The molecule has 130 heavy (non-hydrogen) atoms. The molecule has 0 spiro atoms. The van der Waals surface area contributed by atoms with Gasteiger partial charge in [-0.15, -0.1) is 119 Å². The van der Waals surface area contributed by atoms with Crippen LogP contribution in [0.4, 0.5) is 11.4 Å². The zero-order chi connectivity index (χ0) is 90.7. The molecule has 10 nitrogen and oxygen atoms in total. The van der Waals surface area contributed by atoms with E-state index in [1.54, 1.807) is 17.0 Å². The fourth-order valence-electron chi connectivity index (χ4n) is 15.8. The summed E-state index contributed by atoms with van der Waals surface area (Å²) in [6.45, 7) is 7.21. The molecule has 635 valence electrons. The molecule has 0 unspecified atom stereocenters. The molecule has 14 heterocycles. The summed E-state index contributed by atoms with van der Waals surface area (Å²) in [5.74, 6) is 1.10. The van der Waals surface area contributed by atoms with Crippen molar-refractivity contribution in [1.82, 2.24) is 19.9 Å². The van der Waals surface area contributed by atoms with Crippen LogP contribution in [0, 0.1) is 37.9 Å². The van der Waals surface area contributed by atoms with Gasteiger partial charge in [0.05, 0.1) is 38.0 Å². The van der Waals surface area contributed by atoms with Gasteiger partial charge in [-0.3, -0.25) is 0 Å². The molecule has 0 aliphatic carbocycles. The van der Waals surface area contributed by atoms with Crippen LogP contribution in [-0.4, -0.2) is 19.9 Å². The molecule has 9 aromatic heterocycles. The Hall–Kier alpha value is -14.3. The van der Waals surface area contributed by atoms with Crippen LogP contribution >= 0.6 is 22.7 Å². The van der Waals surface area contributed by atoms with Crippen LogP contribution in [0.25, 0.3) is 130 Å². The van der Waals surface area contributed by atoms with Crippen molar-refractivity contribution in [1.29, 1.82) is 0 Å². The molecule has 0 amide bonds. The Labute approximate surface area is 806 Å². The third-order valence-corrected chi connectivity index (χ3v) is 24.3. The molecule has 0 saturated carbocycles. The van der Waals surface area contributed by atoms with Crippen LogP contribution in [0.3, 0.4) is 0 Å². The molecule has 5 aliphatic heterocycles. The number of para-hydroxylation sites is 2. The van der Waals surface area contributed by atoms with E-state index in [9.17, 15) is 0 Å². The van der Waals surface area contributed by atoms with E-state index in [1.165, 1.54) is 102 Å². The Morgan fingerprint density at radius 2 is 0.908 bits per heavy atom. The minimum absolute atomic E-state index is 0. The van der Waals surface area contributed by atoms with Crippen molar-refractivity contribution >= 4 is 74.4 Å². The smallest absolute Gasteiger partial charge is 0.500 e. The Kier molecular flexibility index (Phi) is 27.2. The van der Waals surface area contributed by atoms with E-state index in [-0.39, 0.29) is 115 Å². The molecule has 14 heteroatoms. The fraction of sp³-hybridized carbons (Fsp3) is 0.0603. The van der Waals surface area contributed by atoms with E-state index in [1.807, 2.05) is 211 Å². The van der Waals surface area contributed by atoms with Crippen molar-refractivity contribution in [2.45, 2.75) is 48.0 Å². The predicted octanol–water partition coefficient (Wildman–Crippen LogP) is 26.4. The molecule has 1 radical (unpaired) electrons. The first-order valence-electron chi connectivity index (χ1n) is 45.1. The van der Waals surface area contributed by atoms with Crippen molar-refractivity contribution in [3.63, 3.8) is 0 Å². The van der Waals surface area contributed by atoms with Crippen LogP contribution in [0.5, 0.6) is 0 Å². The number of thiophene rings is 2. The molecule has 0 fully saturated rings. The first kappa shape index (κ1) is 81.5. The molecule has 5 aliphatic rings. The molecule has 12 aromatic carbocycles. The monoisotopic (exact) mass is 2080 g/mol. The molecule has 0 saturated heterocycles. The van der Waals surface area contributed by atoms with E-state index in [4.69, 9.17) is 9.60 Å². The van der Waals surface area contributed by atoms with Crippen LogP contribution in [0.15, 0.2) is 444 Å². The Morgan fingerprint density at radius 1 is 0.369 bits per heavy atom. The van der Waals surface area contributed by atoms with E-state index in [2.05, 4.69) is 276 Å². The maximum absolute atomic E-state index is 7.97. The third-order valence-electron chi connectivity index (χ3n) is 21.9. The Morgan fingerprint density at radius 3 is 1.58 bits per heavy atom.